The molecule has 28 heavy (non-hydrogen) atoms. The minimum absolute atomic E-state index is 0.0117. The quantitative estimate of drug-likeness (QED) is 0.606. The number of para-hydroxylation sites is 1. The molecule has 1 amide bonds. The van der Waals surface area contributed by atoms with E-state index >= 15 is 0 Å². The molecule has 1 heterocycles. The Kier molecular flexibility index (Phi) is 6.43. The molecular weight excluding hydrogens is 348 g/mol. The lowest BCUT2D eigenvalue weighted by Crippen LogP contribution is -2.34. The van der Waals surface area contributed by atoms with E-state index < -0.39 is 0 Å². The van der Waals surface area contributed by atoms with Gasteiger partial charge in [-0.15, -0.1) is 0 Å². The van der Waals surface area contributed by atoms with Crippen molar-refractivity contribution >= 4 is 5.91 Å². The third-order valence-corrected chi connectivity index (χ3v) is 4.82. The monoisotopic (exact) mass is 374 g/mol. The number of carbonyl (C=O) groups is 1. The van der Waals surface area contributed by atoms with E-state index in [1.54, 1.807) is 12.4 Å². The second kappa shape index (κ2) is 9.18. The summed E-state index contributed by atoms with van der Waals surface area (Å²) in [6, 6.07) is 18.0. The van der Waals surface area contributed by atoms with Gasteiger partial charge < -0.3 is 9.64 Å². The number of carbonyl (C=O) groups excluding carboxylic acids is 1. The molecule has 3 rings (SSSR count). The number of rotatable bonds is 7. The Labute approximate surface area is 166 Å². The lowest BCUT2D eigenvalue weighted by atomic mass is 10.1. The van der Waals surface area contributed by atoms with Crippen molar-refractivity contribution in [3.63, 3.8) is 0 Å². The Morgan fingerprint density at radius 1 is 0.893 bits per heavy atom. The molecule has 0 radical (unpaired) electrons. The van der Waals surface area contributed by atoms with Crippen LogP contribution in [0.3, 0.4) is 0 Å². The van der Waals surface area contributed by atoms with E-state index in [2.05, 4.69) is 24.0 Å². The van der Waals surface area contributed by atoms with Gasteiger partial charge in [0.25, 0.3) is 5.91 Å². The number of hydrogen-bond donors (Lipinski definition) is 0. The van der Waals surface area contributed by atoms with Gasteiger partial charge in [0.1, 0.15) is 5.75 Å². The normalized spacial score (nSPS) is 10.5. The fourth-order valence-corrected chi connectivity index (χ4v) is 3.19. The van der Waals surface area contributed by atoms with Gasteiger partial charge in [-0.3, -0.25) is 9.78 Å². The summed E-state index contributed by atoms with van der Waals surface area (Å²) in [5.74, 6) is 0.739. The van der Waals surface area contributed by atoms with Crippen LogP contribution in [0.15, 0.2) is 67.0 Å². The number of aryl methyl sites for hydroxylation is 3. The summed E-state index contributed by atoms with van der Waals surface area (Å²) < 4.78 is 5.91. The van der Waals surface area contributed by atoms with Crippen molar-refractivity contribution in [3.05, 3.63) is 94.8 Å². The van der Waals surface area contributed by atoms with Gasteiger partial charge in [0.15, 0.2) is 6.61 Å². The summed E-state index contributed by atoms with van der Waals surface area (Å²) in [6.45, 7) is 7.10. The van der Waals surface area contributed by atoms with Gasteiger partial charge in [0.05, 0.1) is 0 Å². The van der Waals surface area contributed by atoms with Crippen molar-refractivity contribution < 1.29 is 9.53 Å². The fourth-order valence-electron chi connectivity index (χ4n) is 3.19. The zero-order chi connectivity index (χ0) is 19.9. The van der Waals surface area contributed by atoms with Crippen LogP contribution < -0.4 is 4.74 Å². The third kappa shape index (κ3) is 4.97. The second-order valence-electron chi connectivity index (χ2n) is 7.05. The van der Waals surface area contributed by atoms with E-state index in [9.17, 15) is 4.79 Å². The Bertz CT molecular complexity index is 918. The zero-order valence-electron chi connectivity index (χ0n) is 16.7. The molecular formula is C24H26N2O2. The van der Waals surface area contributed by atoms with Crippen molar-refractivity contribution in [2.75, 3.05) is 6.61 Å². The molecule has 4 nitrogen and oxygen atoms in total. The SMILES string of the molecule is Cc1ccccc1CN(Cc1cccnc1)C(=O)COc1c(C)cccc1C. The van der Waals surface area contributed by atoms with Crippen LogP contribution in [-0.2, 0) is 17.9 Å². The van der Waals surface area contributed by atoms with Gasteiger partial charge >= 0.3 is 0 Å². The van der Waals surface area contributed by atoms with Crippen LogP contribution in [0.1, 0.15) is 27.8 Å². The largest absolute Gasteiger partial charge is 0.483 e. The predicted molar refractivity (Wildman–Crippen MR) is 111 cm³/mol. The van der Waals surface area contributed by atoms with Gasteiger partial charge in [0.2, 0.25) is 0 Å². The Hall–Kier alpha value is -3.14. The van der Waals surface area contributed by atoms with Crippen molar-refractivity contribution in [2.24, 2.45) is 0 Å². The van der Waals surface area contributed by atoms with Crippen LogP contribution in [0.4, 0.5) is 0 Å². The van der Waals surface area contributed by atoms with Gasteiger partial charge in [-0.25, -0.2) is 0 Å². The molecule has 0 saturated heterocycles. The Balaban J connectivity index is 1.77. The van der Waals surface area contributed by atoms with Crippen molar-refractivity contribution in [1.29, 1.82) is 0 Å². The van der Waals surface area contributed by atoms with E-state index in [1.165, 1.54) is 5.56 Å². The summed E-state index contributed by atoms with van der Waals surface area (Å²) in [5, 5.41) is 0. The summed E-state index contributed by atoms with van der Waals surface area (Å²) >= 11 is 0. The molecule has 0 bridgehead atoms. The number of pyridine rings is 1. The molecule has 0 saturated carbocycles. The topological polar surface area (TPSA) is 42.4 Å². The maximum atomic E-state index is 13.0. The highest BCUT2D eigenvalue weighted by molar-refractivity contribution is 5.78. The zero-order valence-corrected chi connectivity index (χ0v) is 16.7. The van der Waals surface area contributed by atoms with Crippen LogP contribution in [-0.4, -0.2) is 22.4 Å². The van der Waals surface area contributed by atoms with E-state index in [4.69, 9.17) is 4.74 Å². The van der Waals surface area contributed by atoms with Gasteiger partial charge in [-0.2, -0.15) is 0 Å². The van der Waals surface area contributed by atoms with Gasteiger partial charge in [0, 0.05) is 25.5 Å². The Morgan fingerprint density at radius 2 is 1.61 bits per heavy atom. The summed E-state index contributed by atoms with van der Waals surface area (Å²) in [6.07, 6.45) is 3.53. The highest BCUT2D eigenvalue weighted by Gasteiger charge is 2.17. The first-order chi connectivity index (χ1) is 13.5. The molecule has 0 spiro atoms. The highest BCUT2D eigenvalue weighted by atomic mass is 16.5. The van der Waals surface area contributed by atoms with Crippen molar-refractivity contribution in [2.45, 2.75) is 33.9 Å². The Morgan fingerprint density at radius 3 is 2.29 bits per heavy atom. The van der Waals surface area contributed by atoms with Crippen LogP contribution in [0.2, 0.25) is 0 Å². The third-order valence-electron chi connectivity index (χ3n) is 4.82. The highest BCUT2D eigenvalue weighted by Crippen LogP contribution is 2.22. The average Bonchev–Trinajstić information content (AvgIpc) is 2.69. The lowest BCUT2D eigenvalue weighted by Gasteiger charge is -2.24. The summed E-state index contributed by atoms with van der Waals surface area (Å²) in [7, 11) is 0. The van der Waals surface area contributed by atoms with E-state index in [1.807, 2.05) is 61.2 Å². The van der Waals surface area contributed by atoms with Gasteiger partial charge in [-0.05, 0) is 54.7 Å². The molecule has 0 aliphatic heterocycles. The number of ether oxygens (including phenoxy) is 1. The molecule has 0 aliphatic carbocycles. The molecule has 3 aromatic rings. The van der Waals surface area contributed by atoms with Crippen LogP contribution in [0.5, 0.6) is 5.75 Å². The molecule has 0 fully saturated rings. The van der Waals surface area contributed by atoms with Crippen molar-refractivity contribution in [1.82, 2.24) is 9.88 Å². The van der Waals surface area contributed by atoms with E-state index in [-0.39, 0.29) is 12.5 Å². The van der Waals surface area contributed by atoms with Crippen LogP contribution in [0.25, 0.3) is 0 Å². The first kappa shape index (κ1) is 19.6. The minimum atomic E-state index is -0.0465. The van der Waals surface area contributed by atoms with E-state index in [0.29, 0.717) is 13.1 Å². The maximum absolute atomic E-state index is 13.0. The number of nitrogens with zero attached hydrogens (tertiary/aromatic N) is 2. The smallest absolute Gasteiger partial charge is 0.261 e. The second-order valence-corrected chi connectivity index (χ2v) is 7.05. The summed E-state index contributed by atoms with van der Waals surface area (Å²) in [5.41, 5.74) is 5.36. The number of amides is 1. The predicted octanol–water partition coefficient (Wildman–Crippen LogP) is 4.61. The maximum Gasteiger partial charge on any atom is 0.261 e. The molecule has 144 valence electrons. The lowest BCUT2D eigenvalue weighted by molar-refractivity contribution is -0.134. The standard InChI is InChI=1S/C24H26N2O2/c1-18-8-4-5-12-22(18)16-26(15-21-11-7-13-25-14-21)23(27)17-28-24-19(2)9-6-10-20(24)3/h4-14H,15-17H2,1-3H3. The van der Waals surface area contributed by atoms with E-state index in [0.717, 1.165) is 28.0 Å². The minimum Gasteiger partial charge on any atom is -0.483 e. The summed E-state index contributed by atoms with van der Waals surface area (Å²) in [4.78, 5) is 19.0. The fraction of sp³-hybridized carbons (Fsp3) is 0.250. The van der Waals surface area contributed by atoms with Crippen LogP contribution in [0, 0.1) is 20.8 Å². The number of benzene rings is 2. The molecule has 1 aromatic heterocycles. The molecule has 2 aromatic carbocycles. The number of hydrogen-bond acceptors (Lipinski definition) is 3. The first-order valence-electron chi connectivity index (χ1n) is 9.45. The molecule has 0 atom stereocenters. The molecule has 4 heteroatoms. The van der Waals surface area contributed by atoms with Crippen molar-refractivity contribution in [3.8, 4) is 5.75 Å². The number of aromatic nitrogens is 1. The molecule has 0 N–H and O–H groups in total. The van der Waals surface area contributed by atoms with Gasteiger partial charge in [-0.1, -0.05) is 48.5 Å². The molecule has 0 aliphatic rings. The first-order valence-corrected chi connectivity index (χ1v) is 9.45. The van der Waals surface area contributed by atoms with Crippen LogP contribution >= 0.6 is 0 Å². The average molecular weight is 374 g/mol. The molecule has 0 unspecified atom stereocenters.